The van der Waals surface area contributed by atoms with Crippen LogP contribution in [0.15, 0.2) is 48.9 Å². The normalized spacial score (nSPS) is 10.5. The van der Waals surface area contributed by atoms with Gasteiger partial charge in [-0.2, -0.15) is 5.10 Å². The van der Waals surface area contributed by atoms with Crippen LogP contribution in [0.2, 0.25) is 0 Å². The number of hydrogen-bond acceptors (Lipinski definition) is 3. The summed E-state index contributed by atoms with van der Waals surface area (Å²) < 4.78 is 28.7. The predicted molar refractivity (Wildman–Crippen MR) is 88.7 cm³/mol. The first-order valence-corrected chi connectivity index (χ1v) is 7.46. The zero-order valence-corrected chi connectivity index (χ0v) is 13.3. The molecular formula is C17H15F2N5O. The highest BCUT2D eigenvalue weighted by atomic mass is 19.1. The number of carbonyl (C=O) groups excluding carboxylic acids is 1. The van der Waals surface area contributed by atoms with Crippen molar-refractivity contribution in [3.8, 4) is 11.3 Å². The van der Waals surface area contributed by atoms with E-state index in [1.807, 2.05) is 6.20 Å². The molecule has 3 aromatic rings. The monoisotopic (exact) mass is 343 g/mol. The molecule has 0 saturated heterocycles. The topological polar surface area (TPSA) is 71.8 Å². The number of urea groups is 1. The van der Waals surface area contributed by atoms with Gasteiger partial charge < -0.3 is 10.6 Å². The van der Waals surface area contributed by atoms with Crippen molar-refractivity contribution >= 4 is 11.7 Å². The van der Waals surface area contributed by atoms with Gasteiger partial charge in [0.2, 0.25) is 0 Å². The predicted octanol–water partition coefficient (Wildman–Crippen LogP) is 3.08. The second-order valence-electron chi connectivity index (χ2n) is 5.36. The smallest absolute Gasteiger partial charge is 0.319 e. The molecule has 2 heterocycles. The molecule has 0 bridgehead atoms. The fourth-order valence-corrected chi connectivity index (χ4v) is 2.25. The van der Waals surface area contributed by atoms with E-state index in [9.17, 15) is 13.6 Å². The van der Waals surface area contributed by atoms with Crippen LogP contribution >= 0.6 is 0 Å². The maximum Gasteiger partial charge on any atom is 0.319 e. The summed E-state index contributed by atoms with van der Waals surface area (Å²) in [6.45, 7) is 0.178. The number of carbonyl (C=O) groups is 1. The Labute approximate surface area is 142 Å². The number of nitrogens with zero attached hydrogens (tertiary/aromatic N) is 3. The molecule has 2 aromatic heterocycles. The Bertz CT molecular complexity index is 889. The third-order valence-corrected chi connectivity index (χ3v) is 3.48. The number of nitrogens with one attached hydrogen (secondary N) is 2. The van der Waals surface area contributed by atoms with Gasteiger partial charge in [0, 0.05) is 31.5 Å². The van der Waals surface area contributed by atoms with E-state index in [-0.39, 0.29) is 6.54 Å². The molecule has 0 aliphatic rings. The van der Waals surface area contributed by atoms with Crippen molar-refractivity contribution in [1.29, 1.82) is 0 Å². The molecule has 0 unspecified atom stereocenters. The third-order valence-electron chi connectivity index (χ3n) is 3.48. The molecule has 0 aliphatic carbocycles. The molecule has 25 heavy (non-hydrogen) atoms. The molecule has 3 rings (SSSR count). The van der Waals surface area contributed by atoms with Gasteiger partial charge in [-0.15, -0.1) is 0 Å². The number of amides is 2. The lowest BCUT2D eigenvalue weighted by molar-refractivity contribution is 0.251. The van der Waals surface area contributed by atoms with E-state index in [4.69, 9.17) is 0 Å². The van der Waals surface area contributed by atoms with E-state index in [2.05, 4.69) is 20.7 Å². The maximum absolute atomic E-state index is 13.5. The van der Waals surface area contributed by atoms with Crippen molar-refractivity contribution in [2.24, 2.45) is 7.05 Å². The van der Waals surface area contributed by atoms with Gasteiger partial charge in [-0.25, -0.2) is 13.6 Å². The Hall–Kier alpha value is -3.29. The molecule has 2 N–H and O–H groups in total. The van der Waals surface area contributed by atoms with E-state index < -0.39 is 23.4 Å². The van der Waals surface area contributed by atoms with Gasteiger partial charge in [0.05, 0.1) is 11.9 Å². The van der Waals surface area contributed by atoms with E-state index in [0.717, 1.165) is 23.3 Å². The zero-order chi connectivity index (χ0) is 17.8. The SMILES string of the molecule is Cn1cc(-c2cc(CNC(=O)Nc3c(F)cccc3F)ccn2)cn1. The molecule has 0 saturated carbocycles. The fourth-order valence-electron chi connectivity index (χ4n) is 2.25. The number of anilines is 1. The fraction of sp³-hybridized carbons (Fsp3) is 0.118. The Kier molecular flexibility index (Phi) is 4.69. The van der Waals surface area contributed by atoms with Gasteiger partial charge in [-0.3, -0.25) is 9.67 Å². The highest BCUT2D eigenvalue weighted by Crippen LogP contribution is 2.18. The number of aromatic nitrogens is 3. The van der Waals surface area contributed by atoms with E-state index in [0.29, 0.717) is 5.69 Å². The Morgan fingerprint density at radius 2 is 2.00 bits per heavy atom. The summed E-state index contributed by atoms with van der Waals surface area (Å²) in [5.74, 6) is -1.67. The molecule has 0 radical (unpaired) electrons. The van der Waals surface area contributed by atoms with Crippen LogP contribution < -0.4 is 10.6 Å². The molecule has 0 aliphatic heterocycles. The van der Waals surface area contributed by atoms with Gasteiger partial charge in [-0.1, -0.05) is 6.07 Å². The number of rotatable bonds is 4. The first kappa shape index (κ1) is 16.6. The van der Waals surface area contributed by atoms with Crippen LogP contribution in [-0.2, 0) is 13.6 Å². The number of para-hydroxylation sites is 1. The van der Waals surface area contributed by atoms with Crippen LogP contribution in [0, 0.1) is 11.6 Å². The van der Waals surface area contributed by atoms with Gasteiger partial charge in [0.25, 0.3) is 0 Å². The third kappa shape index (κ3) is 3.97. The minimum atomic E-state index is -0.835. The minimum Gasteiger partial charge on any atom is -0.334 e. The Morgan fingerprint density at radius 3 is 2.68 bits per heavy atom. The largest absolute Gasteiger partial charge is 0.334 e. The Morgan fingerprint density at radius 1 is 1.24 bits per heavy atom. The van der Waals surface area contributed by atoms with Crippen molar-refractivity contribution in [1.82, 2.24) is 20.1 Å². The lowest BCUT2D eigenvalue weighted by atomic mass is 10.1. The summed E-state index contributed by atoms with van der Waals surface area (Å²) >= 11 is 0. The lowest BCUT2D eigenvalue weighted by Crippen LogP contribution is -2.29. The molecule has 128 valence electrons. The van der Waals surface area contributed by atoms with Gasteiger partial charge in [0.15, 0.2) is 0 Å². The van der Waals surface area contributed by atoms with Gasteiger partial charge in [-0.05, 0) is 29.8 Å². The molecule has 0 atom stereocenters. The molecule has 0 spiro atoms. The van der Waals surface area contributed by atoms with Crippen LogP contribution in [0.3, 0.4) is 0 Å². The minimum absolute atomic E-state index is 0.178. The van der Waals surface area contributed by atoms with E-state index in [1.165, 1.54) is 6.07 Å². The summed E-state index contributed by atoms with van der Waals surface area (Å²) in [7, 11) is 1.81. The van der Waals surface area contributed by atoms with Crippen LogP contribution in [-0.4, -0.2) is 20.8 Å². The summed E-state index contributed by atoms with van der Waals surface area (Å²) in [6, 6.07) is 6.21. The van der Waals surface area contributed by atoms with Crippen molar-refractivity contribution in [2.45, 2.75) is 6.54 Å². The number of aryl methyl sites for hydroxylation is 1. The van der Waals surface area contributed by atoms with Crippen LogP contribution in [0.4, 0.5) is 19.3 Å². The summed E-state index contributed by atoms with van der Waals surface area (Å²) in [6.07, 6.45) is 5.13. The van der Waals surface area contributed by atoms with Gasteiger partial charge >= 0.3 is 6.03 Å². The molecular weight excluding hydrogens is 328 g/mol. The molecule has 8 heteroatoms. The van der Waals surface area contributed by atoms with Crippen LogP contribution in [0.1, 0.15) is 5.56 Å². The number of benzene rings is 1. The number of halogens is 2. The second-order valence-corrected chi connectivity index (χ2v) is 5.36. The molecule has 0 fully saturated rings. The quantitative estimate of drug-likeness (QED) is 0.765. The van der Waals surface area contributed by atoms with Crippen LogP contribution in [0.5, 0.6) is 0 Å². The Balaban J connectivity index is 1.64. The highest BCUT2D eigenvalue weighted by molar-refractivity contribution is 5.89. The van der Waals surface area contributed by atoms with Crippen molar-refractivity contribution in [3.63, 3.8) is 0 Å². The standard InChI is InChI=1S/C17H15F2N5O/c1-24-10-12(9-22-24)15-7-11(5-6-20-15)8-21-17(25)23-16-13(18)3-2-4-14(16)19/h2-7,9-10H,8H2,1H3,(H2,21,23,25). The van der Waals surface area contributed by atoms with Crippen molar-refractivity contribution in [2.75, 3.05) is 5.32 Å². The summed E-state index contributed by atoms with van der Waals surface area (Å²) in [5.41, 5.74) is 1.87. The molecule has 6 nitrogen and oxygen atoms in total. The zero-order valence-electron chi connectivity index (χ0n) is 13.3. The first-order valence-electron chi connectivity index (χ1n) is 7.46. The van der Waals surface area contributed by atoms with Gasteiger partial charge in [0.1, 0.15) is 17.3 Å². The average molecular weight is 343 g/mol. The van der Waals surface area contributed by atoms with Crippen molar-refractivity contribution < 1.29 is 13.6 Å². The van der Waals surface area contributed by atoms with Crippen molar-refractivity contribution in [3.05, 3.63) is 66.1 Å². The molecule has 2 amide bonds. The van der Waals surface area contributed by atoms with E-state index >= 15 is 0 Å². The van der Waals surface area contributed by atoms with E-state index in [1.54, 1.807) is 36.3 Å². The number of pyridine rings is 1. The second kappa shape index (κ2) is 7.08. The first-order chi connectivity index (χ1) is 12.0. The number of hydrogen-bond donors (Lipinski definition) is 2. The highest BCUT2D eigenvalue weighted by Gasteiger charge is 2.11. The van der Waals surface area contributed by atoms with Crippen LogP contribution in [0.25, 0.3) is 11.3 Å². The summed E-state index contributed by atoms with van der Waals surface area (Å²) in [5, 5.41) is 8.81. The average Bonchev–Trinajstić information content (AvgIpc) is 3.03. The lowest BCUT2D eigenvalue weighted by Gasteiger charge is -2.09. The maximum atomic E-state index is 13.5. The molecule has 1 aromatic carbocycles. The summed E-state index contributed by atoms with van der Waals surface area (Å²) in [4.78, 5) is 16.1.